The molecule has 0 saturated heterocycles. The number of aryl methyl sites for hydroxylation is 1. The van der Waals surface area contributed by atoms with Gasteiger partial charge in [0.05, 0.1) is 0 Å². The standard InChI is InChI=1S/C15H17F3N4O2.ClH/c1-22-8-7-21-13(22)14(24,15(16,17)18)5-6-20-12(23)10-3-2-4-11(19)9-10;/h2-4,7-9,24H,5-6,19H2,1H3,(H,20,23);1H. The summed E-state index contributed by atoms with van der Waals surface area (Å²) in [5.74, 6) is -1.11. The lowest BCUT2D eigenvalue weighted by molar-refractivity contribution is -0.272. The first kappa shape index (κ1) is 20.8. The van der Waals surface area contributed by atoms with Gasteiger partial charge >= 0.3 is 6.18 Å². The number of hydrogen-bond acceptors (Lipinski definition) is 4. The van der Waals surface area contributed by atoms with Gasteiger partial charge in [0.1, 0.15) is 5.82 Å². The molecule has 1 aromatic carbocycles. The molecule has 0 spiro atoms. The van der Waals surface area contributed by atoms with Crippen LogP contribution in [0.3, 0.4) is 0 Å². The molecular formula is C15H18ClF3N4O2. The molecule has 0 fully saturated rings. The topological polar surface area (TPSA) is 93.2 Å². The maximum absolute atomic E-state index is 13.3. The summed E-state index contributed by atoms with van der Waals surface area (Å²) in [5, 5.41) is 12.5. The Balaban J connectivity index is 0.00000312. The SMILES string of the molecule is Cl.Cn1ccnc1C(O)(CCNC(=O)c1cccc(N)c1)C(F)(F)F. The predicted molar refractivity (Wildman–Crippen MR) is 88.2 cm³/mol. The Hall–Kier alpha value is -2.26. The number of halogens is 4. The monoisotopic (exact) mass is 378 g/mol. The normalized spacial score (nSPS) is 13.6. The summed E-state index contributed by atoms with van der Waals surface area (Å²) in [4.78, 5) is 15.5. The van der Waals surface area contributed by atoms with Gasteiger partial charge in [-0.3, -0.25) is 4.79 Å². The number of aromatic nitrogens is 2. The fourth-order valence-corrected chi connectivity index (χ4v) is 2.28. The van der Waals surface area contributed by atoms with Crippen LogP contribution in [0.4, 0.5) is 18.9 Å². The van der Waals surface area contributed by atoms with Crippen molar-refractivity contribution in [1.29, 1.82) is 0 Å². The fraction of sp³-hybridized carbons (Fsp3) is 0.333. The van der Waals surface area contributed by atoms with Crippen LogP contribution in [-0.2, 0) is 12.6 Å². The lowest BCUT2D eigenvalue weighted by Crippen LogP contribution is -2.46. The Morgan fingerprint density at radius 1 is 1.40 bits per heavy atom. The van der Waals surface area contributed by atoms with Gasteiger partial charge in [0.2, 0.25) is 5.60 Å². The molecule has 1 unspecified atom stereocenters. The Kier molecular flexibility index (Phi) is 6.44. The summed E-state index contributed by atoms with van der Waals surface area (Å²) in [6.45, 7) is -0.392. The van der Waals surface area contributed by atoms with Crippen molar-refractivity contribution < 1.29 is 23.1 Å². The number of carbonyl (C=O) groups is 1. The van der Waals surface area contributed by atoms with Crippen LogP contribution < -0.4 is 11.1 Å². The van der Waals surface area contributed by atoms with Crippen LogP contribution in [0.1, 0.15) is 22.6 Å². The molecule has 0 radical (unpaired) electrons. The molecule has 2 rings (SSSR count). The molecule has 0 aliphatic carbocycles. The highest BCUT2D eigenvalue weighted by Gasteiger charge is 2.57. The van der Waals surface area contributed by atoms with Crippen molar-refractivity contribution in [3.63, 3.8) is 0 Å². The van der Waals surface area contributed by atoms with E-state index in [9.17, 15) is 23.1 Å². The molecule has 25 heavy (non-hydrogen) atoms. The van der Waals surface area contributed by atoms with E-state index < -0.39 is 36.5 Å². The molecule has 1 atom stereocenters. The summed E-state index contributed by atoms with van der Waals surface area (Å²) in [7, 11) is 1.35. The van der Waals surface area contributed by atoms with Crippen molar-refractivity contribution in [2.75, 3.05) is 12.3 Å². The van der Waals surface area contributed by atoms with Crippen LogP contribution in [0, 0.1) is 0 Å². The molecule has 1 heterocycles. The number of hydrogen-bond donors (Lipinski definition) is 3. The zero-order valence-corrected chi connectivity index (χ0v) is 14.1. The first-order chi connectivity index (χ1) is 11.1. The van der Waals surface area contributed by atoms with Crippen LogP contribution in [-0.4, -0.2) is 33.3 Å². The highest BCUT2D eigenvalue weighted by atomic mass is 35.5. The second-order valence-corrected chi connectivity index (χ2v) is 5.35. The Labute approximate surface area is 148 Å². The van der Waals surface area contributed by atoms with Gasteiger partial charge in [-0.05, 0) is 18.2 Å². The minimum Gasteiger partial charge on any atom is -0.399 e. The number of imidazole rings is 1. The molecule has 4 N–H and O–H groups in total. The Bertz CT molecular complexity index is 736. The molecule has 0 bridgehead atoms. The van der Waals surface area contributed by atoms with E-state index >= 15 is 0 Å². The number of carbonyl (C=O) groups excluding carboxylic acids is 1. The largest absolute Gasteiger partial charge is 0.424 e. The highest BCUT2D eigenvalue weighted by Crippen LogP contribution is 2.40. The van der Waals surface area contributed by atoms with Crippen molar-refractivity contribution in [1.82, 2.24) is 14.9 Å². The molecule has 10 heteroatoms. The number of alkyl halides is 3. The summed E-state index contributed by atoms with van der Waals surface area (Å²) in [5.41, 5.74) is 2.98. The number of nitrogens with zero attached hydrogens (tertiary/aromatic N) is 2. The third-order valence-electron chi connectivity index (χ3n) is 3.58. The molecule has 1 aromatic heterocycles. The number of aliphatic hydroxyl groups is 1. The second-order valence-electron chi connectivity index (χ2n) is 5.35. The van der Waals surface area contributed by atoms with Crippen molar-refractivity contribution in [2.24, 2.45) is 7.05 Å². The number of nitrogens with two attached hydrogens (primary N) is 1. The first-order valence-electron chi connectivity index (χ1n) is 7.06. The Morgan fingerprint density at radius 3 is 2.60 bits per heavy atom. The van der Waals surface area contributed by atoms with Crippen LogP contribution in [0.25, 0.3) is 0 Å². The van der Waals surface area contributed by atoms with Crippen LogP contribution in [0.5, 0.6) is 0 Å². The number of rotatable bonds is 5. The Morgan fingerprint density at radius 2 is 2.08 bits per heavy atom. The number of anilines is 1. The average molecular weight is 379 g/mol. The maximum atomic E-state index is 13.3. The van der Waals surface area contributed by atoms with E-state index in [1.807, 2.05) is 0 Å². The highest BCUT2D eigenvalue weighted by molar-refractivity contribution is 5.94. The van der Waals surface area contributed by atoms with Crippen molar-refractivity contribution in [3.8, 4) is 0 Å². The smallest absolute Gasteiger partial charge is 0.399 e. The summed E-state index contributed by atoms with van der Waals surface area (Å²) in [6, 6.07) is 6.04. The number of benzene rings is 1. The van der Waals surface area contributed by atoms with Crippen molar-refractivity contribution in [3.05, 3.63) is 48.0 Å². The van der Waals surface area contributed by atoms with Gasteiger partial charge in [-0.1, -0.05) is 6.07 Å². The fourth-order valence-electron chi connectivity index (χ4n) is 2.28. The predicted octanol–water partition coefficient (Wildman–Crippen LogP) is 1.99. The van der Waals surface area contributed by atoms with Gasteiger partial charge in [0.25, 0.3) is 5.91 Å². The lowest BCUT2D eigenvalue weighted by Gasteiger charge is -2.30. The molecule has 0 aliphatic rings. The van der Waals surface area contributed by atoms with E-state index in [1.165, 1.54) is 25.4 Å². The molecular weight excluding hydrogens is 361 g/mol. The van der Waals surface area contributed by atoms with Gasteiger partial charge in [0, 0.05) is 43.7 Å². The number of amides is 1. The second kappa shape index (κ2) is 7.75. The molecule has 6 nitrogen and oxygen atoms in total. The van der Waals surface area contributed by atoms with E-state index in [0.29, 0.717) is 5.69 Å². The summed E-state index contributed by atoms with van der Waals surface area (Å²) < 4.78 is 41.0. The number of nitrogens with one attached hydrogen (secondary N) is 1. The van der Waals surface area contributed by atoms with Gasteiger partial charge < -0.3 is 20.7 Å². The van der Waals surface area contributed by atoms with E-state index in [4.69, 9.17) is 5.73 Å². The number of nitrogen functional groups attached to an aromatic ring is 1. The average Bonchev–Trinajstić information content (AvgIpc) is 2.92. The van der Waals surface area contributed by atoms with Gasteiger partial charge in [-0.15, -0.1) is 12.4 Å². The first-order valence-corrected chi connectivity index (χ1v) is 7.06. The summed E-state index contributed by atoms with van der Waals surface area (Å²) >= 11 is 0. The maximum Gasteiger partial charge on any atom is 0.424 e. The third-order valence-corrected chi connectivity index (χ3v) is 3.58. The van der Waals surface area contributed by atoms with E-state index in [-0.39, 0.29) is 18.0 Å². The van der Waals surface area contributed by atoms with Gasteiger partial charge in [-0.25, -0.2) is 4.98 Å². The van der Waals surface area contributed by atoms with Gasteiger partial charge in [0.15, 0.2) is 0 Å². The molecule has 0 aliphatic heterocycles. The van der Waals surface area contributed by atoms with Crippen molar-refractivity contribution >= 4 is 24.0 Å². The summed E-state index contributed by atoms with van der Waals surface area (Å²) in [6.07, 6.45) is -3.24. The molecule has 2 aromatic rings. The zero-order valence-electron chi connectivity index (χ0n) is 13.2. The van der Waals surface area contributed by atoms with Crippen LogP contribution in [0.15, 0.2) is 36.7 Å². The van der Waals surface area contributed by atoms with E-state index in [2.05, 4.69) is 10.3 Å². The van der Waals surface area contributed by atoms with Crippen molar-refractivity contribution in [2.45, 2.75) is 18.2 Å². The minimum absolute atomic E-state index is 0. The van der Waals surface area contributed by atoms with Gasteiger partial charge in [-0.2, -0.15) is 13.2 Å². The van der Waals surface area contributed by atoms with E-state index in [1.54, 1.807) is 12.1 Å². The third kappa shape index (κ3) is 4.43. The quantitative estimate of drug-likeness (QED) is 0.694. The van der Waals surface area contributed by atoms with Crippen LogP contribution >= 0.6 is 12.4 Å². The van der Waals surface area contributed by atoms with E-state index in [0.717, 1.165) is 10.8 Å². The zero-order chi connectivity index (χ0) is 18.0. The molecule has 138 valence electrons. The minimum atomic E-state index is -4.94. The lowest BCUT2D eigenvalue weighted by atomic mass is 9.97. The molecule has 1 amide bonds. The molecule has 0 saturated carbocycles. The van der Waals surface area contributed by atoms with Crippen LogP contribution in [0.2, 0.25) is 0 Å².